The Morgan fingerprint density at radius 2 is 1.94 bits per heavy atom. The molecule has 1 N–H and O–H groups in total. The summed E-state index contributed by atoms with van der Waals surface area (Å²) in [5, 5.41) is 10.7. The normalized spacial score (nSPS) is 23.0. The third-order valence-electron chi connectivity index (χ3n) is 6.69. The van der Waals surface area contributed by atoms with Crippen molar-refractivity contribution in [3.05, 3.63) is 57.3 Å². The number of carbonyl (C=O) groups excluding carboxylic acids is 2. The Morgan fingerprint density at radius 1 is 1.12 bits per heavy atom. The molecule has 174 valence electrons. The second-order valence-electron chi connectivity index (χ2n) is 9.00. The van der Waals surface area contributed by atoms with Gasteiger partial charge in [0.25, 0.3) is 5.91 Å². The zero-order chi connectivity index (χ0) is 23.0. The number of hydrazone groups is 1. The smallest absolute Gasteiger partial charge is 0.268 e. The maximum absolute atomic E-state index is 13.3. The van der Waals surface area contributed by atoms with Gasteiger partial charge in [-0.2, -0.15) is 5.10 Å². The summed E-state index contributed by atoms with van der Waals surface area (Å²) in [5.74, 6) is -0.580. The van der Waals surface area contributed by atoms with E-state index in [4.69, 9.17) is 0 Å². The maximum atomic E-state index is 13.3. The molecule has 33 heavy (non-hydrogen) atoms. The predicted octanol–water partition coefficient (Wildman–Crippen LogP) is 3.00. The molecule has 3 heterocycles. The number of benzene rings is 1. The summed E-state index contributed by atoms with van der Waals surface area (Å²) in [6.45, 7) is 0. The molecular weight excluding hydrogens is 458 g/mol. The number of nitrogens with one attached hydrogen (secondary N) is 1. The van der Waals surface area contributed by atoms with Crippen LogP contribution in [-0.4, -0.2) is 48.5 Å². The van der Waals surface area contributed by atoms with Gasteiger partial charge in [0, 0.05) is 17.7 Å². The summed E-state index contributed by atoms with van der Waals surface area (Å²) in [5.41, 5.74) is 4.05. The summed E-state index contributed by atoms with van der Waals surface area (Å²) in [4.78, 5) is 26.7. The fourth-order valence-corrected chi connectivity index (χ4v) is 7.40. The van der Waals surface area contributed by atoms with Gasteiger partial charge in [0.05, 0.1) is 23.6 Å². The molecule has 2 aromatic rings. The number of nitrogens with zero attached hydrogens (tertiary/aromatic N) is 2. The van der Waals surface area contributed by atoms with Crippen molar-refractivity contribution in [2.75, 3.05) is 11.5 Å². The number of thiophene rings is 1. The average Bonchev–Trinajstić information content (AvgIpc) is 3.47. The van der Waals surface area contributed by atoms with E-state index in [0.717, 1.165) is 23.3 Å². The first-order chi connectivity index (χ1) is 15.9. The van der Waals surface area contributed by atoms with Crippen LogP contribution in [0.15, 0.2) is 40.8 Å². The summed E-state index contributed by atoms with van der Waals surface area (Å²) >= 11 is 1.59. The van der Waals surface area contributed by atoms with E-state index in [0.29, 0.717) is 6.42 Å². The third kappa shape index (κ3) is 4.75. The van der Waals surface area contributed by atoms with Crippen LogP contribution in [0.4, 0.5) is 0 Å². The SMILES string of the molecule is O=C(N[C@H](c1ccc2c(c1)CCCC2)c1cccs1)C1=NN([C@@H]2CCS(=O)(=O)C2)C(=O)CC1. The van der Waals surface area contributed by atoms with Crippen LogP contribution in [0.1, 0.15) is 59.7 Å². The van der Waals surface area contributed by atoms with Gasteiger partial charge in [0.1, 0.15) is 5.71 Å². The largest absolute Gasteiger partial charge is 0.339 e. The van der Waals surface area contributed by atoms with Crippen molar-refractivity contribution in [3.63, 3.8) is 0 Å². The standard InChI is InChI=1S/C24H27N3O4S2/c28-22-10-9-20(26-27(22)19-11-13-33(30,31)15-19)24(29)25-23(21-6-3-12-32-21)18-8-7-16-4-1-2-5-17(16)14-18/h3,6-8,12,14,19,23H,1-2,4-5,9-11,13,15H2,(H,25,29)/t19-,23-/m1/s1. The Morgan fingerprint density at radius 3 is 2.67 bits per heavy atom. The minimum absolute atomic E-state index is 0.0529. The lowest BCUT2D eigenvalue weighted by molar-refractivity contribution is -0.133. The van der Waals surface area contributed by atoms with Gasteiger partial charge in [-0.05, 0) is 60.2 Å². The van der Waals surface area contributed by atoms with E-state index in [1.165, 1.54) is 29.0 Å². The van der Waals surface area contributed by atoms with Crippen molar-refractivity contribution < 1.29 is 18.0 Å². The number of amides is 2. The molecule has 0 radical (unpaired) electrons. The fourth-order valence-electron chi connectivity index (χ4n) is 4.91. The number of sulfone groups is 1. The van der Waals surface area contributed by atoms with Gasteiger partial charge in [-0.3, -0.25) is 9.59 Å². The minimum Gasteiger partial charge on any atom is -0.339 e. The van der Waals surface area contributed by atoms with Crippen LogP contribution < -0.4 is 5.32 Å². The molecule has 2 aliphatic heterocycles. The van der Waals surface area contributed by atoms with Crippen LogP contribution >= 0.6 is 11.3 Å². The highest BCUT2D eigenvalue weighted by Crippen LogP contribution is 2.30. The molecule has 0 spiro atoms. The average molecular weight is 486 g/mol. The first-order valence-electron chi connectivity index (χ1n) is 11.5. The van der Waals surface area contributed by atoms with E-state index in [1.54, 1.807) is 11.3 Å². The molecule has 2 atom stereocenters. The van der Waals surface area contributed by atoms with E-state index < -0.39 is 15.9 Å². The van der Waals surface area contributed by atoms with Crippen LogP contribution in [-0.2, 0) is 32.3 Å². The Bertz CT molecular complexity index is 1200. The number of hydrogen-bond acceptors (Lipinski definition) is 6. The fraction of sp³-hybridized carbons (Fsp3) is 0.458. The van der Waals surface area contributed by atoms with Gasteiger partial charge < -0.3 is 5.32 Å². The summed E-state index contributed by atoms with van der Waals surface area (Å²) in [6, 6.07) is 9.67. The summed E-state index contributed by atoms with van der Waals surface area (Å²) in [7, 11) is -3.16. The molecule has 1 aromatic heterocycles. The van der Waals surface area contributed by atoms with E-state index in [9.17, 15) is 18.0 Å². The zero-order valence-electron chi connectivity index (χ0n) is 18.3. The predicted molar refractivity (Wildman–Crippen MR) is 128 cm³/mol. The Balaban J connectivity index is 1.40. The van der Waals surface area contributed by atoms with Crippen LogP contribution in [0.25, 0.3) is 0 Å². The van der Waals surface area contributed by atoms with E-state index in [2.05, 4.69) is 28.6 Å². The Labute approximate surface area is 197 Å². The summed E-state index contributed by atoms with van der Waals surface area (Å²) < 4.78 is 23.8. The third-order valence-corrected chi connectivity index (χ3v) is 9.37. The number of rotatable bonds is 5. The zero-order valence-corrected chi connectivity index (χ0v) is 20.0. The second-order valence-corrected chi connectivity index (χ2v) is 12.2. The molecule has 1 fully saturated rings. The van der Waals surface area contributed by atoms with Gasteiger partial charge in [0.15, 0.2) is 9.84 Å². The molecule has 1 aliphatic carbocycles. The van der Waals surface area contributed by atoms with Gasteiger partial charge in [-0.15, -0.1) is 11.3 Å². The molecule has 0 bridgehead atoms. The number of hydrogen-bond donors (Lipinski definition) is 1. The first-order valence-corrected chi connectivity index (χ1v) is 14.2. The highest BCUT2D eigenvalue weighted by molar-refractivity contribution is 7.91. The van der Waals surface area contributed by atoms with Gasteiger partial charge >= 0.3 is 0 Å². The van der Waals surface area contributed by atoms with Crippen molar-refractivity contribution >= 4 is 38.7 Å². The van der Waals surface area contributed by atoms with Gasteiger partial charge in [0.2, 0.25) is 5.91 Å². The highest BCUT2D eigenvalue weighted by atomic mass is 32.2. The second kappa shape index (κ2) is 9.02. The van der Waals surface area contributed by atoms with Crippen molar-refractivity contribution in [1.82, 2.24) is 10.3 Å². The lowest BCUT2D eigenvalue weighted by atomic mass is 9.89. The number of fused-ring (bicyclic) bond motifs is 1. The molecule has 2 amide bonds. The molecule has 9 heteroatoms. The van der Waals surface area contributed by atoms with E-state index in [1.807, 2.05) is 17.5 Å². The molecular formula is C24H27N3O4S2. The van der Waals surface area contributed by atoms with Gasteiger partial charge in [-0.1, -0.05) is 24.3 Å². The minimum atomic E-state index is -3.16. The lowest BCUT2D eigenvalue weighted by Crippen LogP contribution is -2.44. The topological polar surface area (TPSA) is 95.9 Å². The Kier molecular flexibility index (Phi) is 6.09. The quantitative estimate of drug-likeness (QED) is 0.704. The monoisotopic (exact) mass is 485 g/mol. The van der Waals surface area contributed by atoms with Crippen molar-refractivity contribution in [1.29, 1.82) is 0 Å². The van der Waals surface area contributed by atoms with Crippen molar-refractivity contribution in [2.45, 2.75) is 57.0 Å². The van der Waals surface area contributed by atoms with Gasteiger partial charge in [-0.25, -0.2) is 13.4 Å². The van der Waals surface area contributed by atoms with E-state index >= 15 is 0 Å². The molecule has 7 nitrogen and oxygen atoms in total. The molecule has 5 rings (SSSR count). The van der Waals surface area contributed by atoms with Crippen molar-refractivity contribution in [2.24, 2.45) is 5.10 Å². The number of aryl methyl sites for hydroxylation is 2. The highest BCUT2D eigenvalue weighted by Gasteiger charge is 2.37. The van der Waals surface area contributed by atoms with Crippen LogP contribution in [0.2, 0.25) is 0 Å². The van der Waals surface area contributed by atoms with Crippen LogP contribution in [0.5, 0.6) is 0 Å². The van der Waals surface area contributed by atoms with Crippen molar-refractivity contribution in [3.8, 4) is 0 Å². The molecule has 1 aromatic carbocycles. The summed E-state index contributed by atoms with van der Waals surface area (Å²) in [6.07, 6.45) is 5.33. The lowest BCUT2D eigenvalue weighted by Gasteiger charge is -2.28. The first kappa shape index (κ1) is 22.3. The molecule has 0 unspecified atom stereocenters. The maximum Gasteiger partial charge on any atom is 0.268 e. The van der Waals surface area contributed by atoms with Crippen LogP contribution in [0.3, 0.4) is 0 Å². The molecule has 0 saturated carbocycles. The van der Waals surface area contributed by atoms with E-state index in [-0.39, 0.29) is 47.9 Å². The van der Waals surface area contributed by atoms with Crippen LogP contribution in [0, 0.1) is 0 Å². The Hall–Kier alpha value is -2.52. The number of carbonyl (C=O) groups is 2. The molecule has 3 aliphatic rings. The molecule has 1 saturated heterocycles.